The van der Waals surface area contributed by atoms with Crippen LogP contribution >= 0.6 is 0 Å². The summed E-state index contributed by atoms with van der Waals surface area (Å²) in [6.07, 6.45) is 0.196. The third-order valence-electron chi connectivity index (χ3n) is 6.33. The second kappa shape index (κ2) is 9.68. The van der Waals surface area contributed by atoms with Gasteiger partial charge in [-0.1, -0.05) is 78.9 Å². The highest BCUT2D eigenvalue weighted by Crippen LogP contribution is 2.41. The predicted octanol–water partition coefficient (Wildman–Crippen LogP) is 6.76. The third kappa shape index (κ3) is 5.31. The standard InChI is InChI=1S/C30H32N2O3/c1-30(2,3)34-29(33)31-19-23-18-28(32(35-23)20-21-11-5-4-6-12-21)27-17-22-13-7-8-14-24(22)25-15-9-10-16-26(25)27/h4-17,23,28H,18-20H2,1-3H3,(H,31,33)/t23-,28-/m1/s1. The molecule has 180 valence electrons. The third-order valence-corrected chi connectivity index (χ3v) is 6.33. The van der Waals surface area contributed by atoms with Crippen LogP contribution in [-0.4, -0.2) is 29.4 Å². The van der Waals surface area contributed by atoms with Crippen molar-refractivity contribution in [2.24, 2.45) is 0 Å². The number of hydroxylamine groups is 2. The number of carbonyl (C=O) groups excluding carboxylic acids is 1. The van der Waals surface area contributed by atoms with E-state index in [2.05, 4.69) is 77.1 Å². The Kier molecular flexibility index (Phi) is 6.46. The number of fused-ring (bicyclic) bond motifs is 3. The number of hydrogen-bond donors (Lipinski definition) is 1. The lowest BCUT2D eigenvalue weighted by Crippen LogP contribution is -2.37. The maximum Gasteiger partial charge on any atom is 0.407 e. The van der Waals surface area contributed by atoms with Crippen molar-refractivity contribution in [2.75, 3.05) is 6.54 Å². The summed E-state index contributed by atoms with van der Waals surface area (Å²) in [6.45, 7) is 6.64. The molecule has 0 radical (unpaired) electrons. The fraction of sp³-hybridized carbons (Fsp3) is 0.300. The molecule has 0 bridgehead atoms. The van der Waals surface area contributed by atoms with Crippen LogP contribution < -0.4 is 5.32 Å². The molecule has 1 aliphatic rings. The average molecular weight is 469 g/mol. The van der Waals surface area contributed by atoms with Gasteiger partial charge in [-0.15, -0.1) is 0 Å². The van der Waals surface area contributed by atoms with Crippen LogP contribution in [0.2, 0.25) is 0 Å². The van der Waals surface area contributed by atoms with Crippen molar-refractivity contribution in [3.05, 3.63) is 96.1 Å². The van der Waals surface area contributed by atoms with Gasteiger partial charge >= 0.3 is 6.09 Å². The normalized spacial score (nSPS) is 18.7. The number of nitrogens with zero attached hydrogens (tertiary/aromatic N) is 1. The highest BCUT2D eigenvalue weighted by molar-refractivity contribution is 6.09. The lowest BCUT2D eigenvalue weighted by Gasteiger charge is -2.25. The largest absolute Gasteiger partial charge is 0.444 e. The molecule has 1 aliphatic heterocycles. The lowest BCUT2D eigenvalue weighted by molar-refractivity contribution is -0.169. The molecule has 0 saturated carbocycles. The number of carbonyl (C=O) groups is 1. The highest BCUT2D eigenvalue weighted by Gasteiger charge is 2.36. The van der Waals surface area contributed by atoms with Gasteiger partial charge in [0.25, 0.3) is 0 Å². The van der Waals surface area contributed by atoms with Crippen molar-refractivity contribution in [3.63, 3.8) is 0 Å². The highest BCUT2D eigenvalue weighted by atomic mass is 16.7. The van der Waals surface area contributed by atoms with Gasteiger partial charge in [-0.25, -0.2) is 4.79 Å². The Hall–Kier alpha value is -3.41. The Labute approximate surface area is 206 Å². The number of rotatable bonds is 5. The zero-order valence-electron chi connectivity index (χ0n) is 20.5. The fourth-order valence-corrected chi connectivity index (χ4v) is 4.86. The number of hydrogen-bond acceptors (Lipinski definition) is 4. The first-order chi connectivity index (χ1) is 16.9. The Bertz CT molecular complexity index is 1330. The summed E-state index contributed by atoms with van der Waals surface area (Å²) in [7, 11) is 0. The topological polar surface area (TPSA) is 50.8 Å². The van der Waals surface area contributed by atoms with Crippen LogP contribution in [0, 0.1) is 0 Å². The number of benzene rings is 4. The van der Waals surface area contributed by atoms with E-state index < -0.39 is 11.7 Å². The number of ether oxygens (including phenoxy) is 1. The first kappa shape index (κ1) is 23.3. The van der Waals surface area contributed by atoms with Crippen LogP contribution in [0.25, 0.3) is 21.5 Å². The second-order valence-corrected chi connectivity index (χ2v) is 10.2. The molecular weight excluding hydrogens is 436 g/mol. The predicted molar refractivity (Wildman–Crippen MR) is 140 cm³/mol. The summed E-state index contributed by atoms with van der Waals surface area (Å²) >= 11 is 0. The smallest absolute Gasteiger partial charge is 0.407 e. The Balaban J connectivity index is 1.47. The molecule has 5 heteroatoms. The summed E-state index contributed by atoms with van der Waals surface area (Å²) in [5.41, 5.74) is 1.89. The van der Waals surface area contributed by atoms with Crippen molar-refractivity contribution in [3.8, 4) is 0 Å². The SMILES string of the molecule is CC(C)(C)OC(=O)NC[C@H]1C[C@H](c2cc3ccccc3c3ccccc23)N(Cc2ccccc2)O1. The van der Waals surface area contributed by atoms with Gasteiger partial charge in [-0.05, 0) is 65.9 Å². The van der Waals surface area contributed by atoms with Crippen molar-refractivity contribution in [1.29, 1.82) is 0 Å². The summed E-state index contributed by atoms with van der Waals surface area (Å²) in [5, 5.41) is 9.92. The molecule has 0 unspecified atom stereocenters. The van der Waals surface area contributed by atoms with Crippen LogP contribution in [0.3, 0.4) is 0 Å². The molecule has 2 atom stereocenters. The average Bonchev–Trinajstić information content (AvgIpc) is 3.24. The number of alkyl carbamates (subject to hydrolysis) is 1. The molecule has 1 amide bonds. The summed E-state index contributed by atoms with van der Waals surface area (Å²) < 4.78 is 5.42. The van der Waals surface area contributed by atoms with Gasteiger partial charge < -0.3 is 10.1 Å². The molecular formula is C30H32N2O3. The van der Waals surface area contributed by atoms with Crippen molar-refractivity contribution < 1.29 is 14.4 Å². The van der Waals surface area contributed by atoms with Crippen LogP contribution in [0.4, 0.5) is 4.79 Å². The Morgan fingerprint density at radius 2 is 1.60 bits per heavy atom. The van der Waals surface area contributed by atoms with Crippen molar-refractivity contribution >= 4 is 27.6 Å². The Morgan fingerprint density at radius 1 is 0.943 bits per heavy atom. The maximum absolute atomic E-state index is 12.3. The molecule has 1 heterocycles. The van der Waals surface area contributed by atoms with E-state index >= 15 is 0 Å². The summed E-state index contributed by atoms with van der Waals surface area (Å²) in [6, 6.07) is 29.8. The summed E-state index contributed by atoms with van der Waals surface area (Å²) in [5.74, 6) is 0. The molecule has 0 aromatic heterocycles. The first-order valence-electron chi connectivity index (χ1n) is 12.2. The molecule has 1 saturated heterocycles. The van der Waals surface area contributed by atoms with E-state index in [1.54, 1.807) is 0 Å². The molecule has 5 rings (SSSR count). The van der Waals surface area contributed by atoms with Gasteiger partial charge in [0, 0.05) is 13.1 Å². The van der Waals surface area contributed by atoms with E-state index in [0.717, 1.165) is 6.42 Å². The first-order valence-corrected chi connectivity index (χ1v) is 12.2. The van der Waals surface area contributed by atoms with E-state index in [9.17, 15) is 4.79 Å². The van der Waals surface area contributed by atoms with E-state index in [4.69, 9.17) is 9.57 Å². The van der Waals surface area contributed by atoms with Gasteiger partial charge in [0.1, 0.15) is 5.60 Å². The monoisotopic (exact) mass is 468 g/mol. The zero-order chi connectivity index (χ0) is 24.4. The van der Waals surface area contributed by atoms with Gasteiger partial charge in [-0.3, -0.25) is 4.84 Å². The zero-order valence-corrected chi connectivity index (χ0v) is 20.5. The fourth-order valence-electron chi connectivity index (χ4n) is 4.86. The van der Waals surface area contributed by atoms with Crippen LogP contribution in [-0.2, 0) is 16.1 Å². The molecule has 0 aliphatic carbocycles. The minimum Gasteiger partial charge on any atom is -0.444 e. The lowest BCUT2D eigenvalue weighted by atomic mass is 9.91. The Morgan fingerprint density at radius 3 is 2.34 bits per heavy atom. The van der Waals surface area contributed by atoms with Crippen LogP contribution in [0.15, 0.2) is 84.9 Å². The molecule has 5 nitrogen and oxygen atoms in total. The van der Waals surface area contributed by atoms with E-state index in [0.29, 0.717) is 13.1 Å². The quantitative estimate of drug-likeness (QED) is 0.329. The summed E-state index contributed by atoms with van der Waals surface area (Å²) in [4.78, 5) is 18.7. The van der Waals surface area contributed by atoms with Gasteiger partial charge in [0.2, 0.25) is 0 Å². The van der Waals surface area contributed by atoms with Crippen molar-refractivity contribution in [1.82, 2.24) is 10.4 Å². The van der Waals surface area contributed by atoms with Crippen LogP contribution in [0.5, 0.6) is 0 Å². The van der Waals surface area contributed by atoms with Crippen molar-refractivity contribution in [2.45, 2.75) is 51.5 Å². The number of amides is 1. The molecule has 4 aromatic rings. The van der Waals surface area contributed by atoms with Gasteiger partial charge in [0.05, 0.1) is 12.1 Å². The second-order valence-electron chi connectivity index (χ2n) is 10.2. The van der Waals surface area contributed by atoms with Crippen LogP contribution in [0.1, 0.15) is 44.4 Å². The van der Waals surface area contributed by atoms with E-state index in [1.807, 2.05) is 39.0 Å². The molecule has 0 spiro atoms. The number of nitrogens with one attached hydrogen (secondary N) is 1. The van der Waals surface area contributed by atoms with E-state index in [-0.39, 0.29) is 12.1 Å². The molecule has 1 N–H and O–H groups in total. The minimum atomic E-state index is -0.535. The molecule has 35 heavy (non-hydrogen) atoms. The molecule has 1 fully saturated rings. The van der Waals surface area contributed by atoms with E-state index in [1.165, 1.54) is 32.7 Å². The maximum atomic E-state index is 12.3. The molecule has 4 aromatic carbocycles. The van der Waals surface area contributed by atoms with Gasteiger partial charge in [0.15, 0.2) is 0 Å². The minimum absolute atomic E-state index is 0.0511. The van der Waals surface area contributed by atoms with Gasteiger partial charge in [-0.2, -0.15) is 5.06 Å².